The fraction of sp³-hybridized carbons (Fsp3) is 1.00. The number of hydrogen-bond acceptors (Lipinski definition) is 1. The molecule has 23 heavy (non-hydrogen) atoms. The summed E-state index contributed by atoms with van der Waals surface area (Å²) in [5.41, 5.74) is 0. The first kappa shape index (κ1) is 21.0. The van der Waals surface area contributed by atoms with Gasteiger partial charge in [0.1, 0.15) is 0 Å². The molecule has 0 aromatic heterocycles. The average molecular weight is 324 g/mol. The molecule has 0 amide bonds. The van der Waals surface area contributed by atoms with Crippen molar-refractivity contribution < 1.29 is 0 Å². The van der Waals surface area contributed by atoms with Gasteiger partial charge in [0.2, 0.25) is 0 Å². The number of unbranched alkanes of at least 4 members (excludes halogenated alkanes) is 12. The quantitative estimate of drug-likeness (QED) is 0.268. The van der Waals surface area contributed by atoms with Crippen LogP contribution in [0.15, 0.2) is 0 Å². The molecule has 0 bridgehead atoms. The highest BCUT2D eigenvalue weighted by Crippen LogP contribution is 2.23. The van der Waals surface area contributed by atoms with Crippen LogP contribution in [0.25, 0.3) is 0 Å². The molecule has 0 spiro atoms. The molecular formula is C22H45N. The van der Waals surface area contributed by atoms with E-state index in [4.69, 9.17) is 0 Å². The van der Waals surface area contributed by atoms with E-state index in [1.54, 1.807) is 0 Å². The van der Waals surface area contributed by atoms with E-state index in [-0.39, 0.29) is 0 Å². The minimum absolute atomic E-state index is 0.936. The monoisotopic (exact) mass is 323 g/mol. The third kappa shape index (κ3) is 11.2. The smallest absolute Gasteiger partial charge is 0.00957 e. The summed E-state index contributed by atoms with van der Waals surface area (Å²) in [4.78, 5) is 2.82. The fourth-order valence-electron chi connectivity index (χ4n) is 4.13. The van der Waals surface area contributed by atoms with Crippen LogP contribution in [-0.2, 0) is 0 Å². The Morgan fingerprint density at radius 1 is 0.652 bits per heavy atom. The van der Waals surface area contributed by atoms with E-state index < -0.39 is 0 Å². The van der Waals surface area contributed by atoms with E-state index in [1.165, 1.54) is 122 Å². The first-order valence-corrected chi connectivity index (χ1v) is 11.1. The van der Waals surface area contributed by atoms with E-state index in [0.717, 1.165) is 6.04 Å². The highest BCUT2D eigenvalue weighted by atomic mass is 15.2. The lowest BCUT2D eigenvalue weighted by Gasteiger charge is -2.24. The SMILES string of the molecule is CCCCCCCCCCN1CCCC1CCCCCCCC. The van der Waals surface area contributed by atoms with E-state index in [2.05, 4.69) is 18.7 Å². The molecular weight excluding hydrogens is 278 g/mol. The van der Waals surface area contributed by atoms with Crippen molar-refractivity contribution in [3.05, 3.63) is 0 Å². The van der Waals surface area contributed by atoms with Crippen LogP contribution in [0.1, 0.15) is 123 Å². The van der Waals surface area contributed by atoms with Gasteiger partial charge in [-0.1, -0.05) is 97.3 Å². The van der Waals surface area contributed by atoms with E-state index in [1.807, 2.05) is 0 Å². The summed E-state index contributed by atoms with van der Waals surface area (Å²) in [5.74, 6) is 0. The van der Waals surface area contributed by atoms with Gasteiger partial charge < -0.3 is 4.90 Å². The van der Waals surface area contributed by atoms with Gasteiger partial charge in [-0.25, -0.2) is 0 Å². The standard InChI is InChI=1S/C22H45N/c1-3-5-7-9-11-12-14-16-20-23-21-17-19-22(23)18-15-13-10-8-6-4-2/h22H,3-21H2,1-2H3. The third-order valence-corrected chi connectivity index (χ3v) is 5.69. The Bertz CT molecular complexity index is 238. The molecule has 1 nitrogen and oxygen atoms in total. The first-order chi connectivity index (χ1) is 11.4. The zero-order valence-electron chi connectivity index (χ0n) is 16.5. The van der Waals surface area contributed by atoms with Crippen molar-refractivity contribution in [1.29, 1.82) is 0 Å². The van der Waals surface area contributed by atoms with Gasteiger partial charge in [-0.05, 0) is 38.8 Å². The van der Waals surface area contributed by atoms with Crippen LogP contribution in [0.3, 0.4) is 0 Å². The van der Waals surface area contributed by atoms with Crippen molar-refractivity contribution in [2.45, 2.75) is 129 Å². The second-order valence-electron chi connectivity index (χ2n) is 7.86. The topological polar surface area (TPSA) is 3.24 Å². The number of likely N-dealkylation sites (tertiary alicyclic amines) is 1. The molecule has 0 aromatic carbocycles. The zero-order chi connectivity index (χ0) is 16.6. The molecule has 0 aliphatic carbocycles. The second kappa shape index (κ2) is 15.5. The van der Waals surface area contributed by atoms with Crippen molar-refractivity contribution in [2.75, 3.05) is 13.1 Å². The highest BCUT2D eigenvalue weighted by Gasteiger charge is 2.22. The van der Waals surface area contributed by atoms with Crippen molar-refractivity contribution in [1.82, 2.24) is 4.90 Å². The summed E-state index contributed by atoms with van der Waals surface area (Å²) in [7, 11) is 0. The van der Waals surface area contributed by atoms with Gasteiger partial charge in [0.25, 0.3) is 0 Å². The summed E-state index contributed by atoms with van der Waals surface area (Å²) in [5, 5.41) is 0. The maximum absolute atomic E-state index is 2.82. The summed E-state index contributed by atoms with van der Waals surface area (Å²) in [6.07, 6.45) is 24.7. The van der Waals surface area contributed by atoms with Crippen LogP contribution in [0.4, 0.5) is 0 Å². The Morgan fingerprint density at radius 2 is 1.17 bits per heavy atom. The predicted molar refractivity (Wildman–Crippen MR) is 105 cm³/mol. The van der Waals surface area contributed by atoms with Crippen LogP contribution >= 0.6 is 0 Å². The Labute approximate surface area is 147 Å². The largest absolute Gasteiger partial charge is 0.300 e. The van der Waals surface area contributed by atoms with Gasteiger partial charge >= 0.3 is 0 Å². The Kier molecular flexibility index (Phi) is 14.1. The van der Waals surface area contributed by atoms with Gasteiger partial charge in [0.15, 0.2) is 0 Å². The Balaban J connectivity index is 1.94. The maximum Gasteiger partial charge on any atom is 0.00957 e. The molecule has 0 N–H and O–H groups in total. The average Bonchev–Trinajstić information content (AvgIpc) is 3.01. The zero-order valence-corrected chi connectivity index (χ0v) is 16.5. The molecule has 1 aliphatic rings. The Morgan fingerprint density at radius 3 is 1.78 bits per heavy atom. The number of hydrogen-bond donors (Lipinski definition) is 0. The van der Waals surface area contributed by atoms with Crippen LogP contribution < -0.4 is 0 Å². The van der Waals surface area contributed by atoms with Gasteiger partial charge in [0.05, 0.1) is 0 Å². The number of nitrogens with zero attached hydrogens (tertiary/aromatic N) is 1. The van der Waals surface area contributed by atoms with E-state index in [9.17, 15) is 0 Å². The summed E-state index contributed by atoms with van der Waals surface area (Å²) in [6.45, 7) is 7.38. The van der Waals surface area contributed by atoms with Gasteiger partial charge in [-0.3, -0.25) is 0 Å². The molecule has 1 atom stereocenters. The van der Waals surface area contributed by atoms with Crippen molar-refractivity contribution in [3.63, 3.8) is 0 Å². The molecule has 1 aliphatic heterocycles. The lowest BCUT2D eigenvalue weighted by atomic mass is 10.0. The van der Waals surface area contributed by atoms with Gasteiger partial charge in [-0.2, -0.15) is 0 Å². The van der Waals surface area contributed by atoms with Crippen LogP contribution in [-0.4, -0.2) is 24.0 Å². The molecule has 1 saturated heterocycles. The second-order valence-corrected chi connectivity index (χ2v) is 7.86. The van der Waals surface area contributed by atoms with Gasteiger partial charge in [-0.15, -0.1) is 0 Å². The minimum atomic E-state index is 0.936. The molecule has 1 heterocycles. The Hall–Kier alpha value is -0.0400. The highest BCUT2D eigenvalue weighted by molar-refractivity contribution is 4.78. The molecule has 1 fully saturated rings. The summed E-state index contributed by atoms with van der Waals surface area (Å²) in [6, 6.07) is 0.936. The maximum atomic E-state index is 2.82. The molecule has 1 unspecified atom stereocenters. The molecule has 138 valence electrons. The number of rotatable bonds is 16. The van der Waals surface area contributed by atoms with Crippen molar-refractivity contribution in [2.24, 2.45) is 0 Å². The minimum Gasteiger partial charge on any atom is -0.300 e. The normalized spacial score (nSPS) is 18.8. The van der Waals surface area contributed by atoms with Crippen molar-refractivity contribution in [3.8, 4) is 0 Å². The molecule has 0 radical (unpaired) electrons. The third-order valence-electron chi connectivity index (χ3n) is 5.69. The lowest BCUT2D eigenvalue weighted by Crippen LogP contribution is -2.30. The van der Waals surface area contributed by atoms with Crippen LogP contribution in [0.2, 0.25) is 0 Å². The van der Waals surface area contributed by atoms with Crippen LogP contribution in [0.5, 0.6) is 0 Å². The summed E-state index contributed by atoms with van der Waals surface area (Å²) >= 11 is 0. The lowest BCUT2D eigenvalue weighted by molar-refractivity contribution is 0.233. The molecule has 0 saturated carbocycles. The van der Waals surface area contributed by atoms with Crippen LogP contribution in [0, 0.1) is 0 Å². The first-order valence-electron chi connectivity index (χ1n) is 11.1. The van der Waals surface area contributed by atoms with Gasteiger partial charge in [0, 0.05) is 6.04 Å². The predicted octanol–water partition coefficient (Wildman–Crippen LogP) is 7.34. The molecule has 0 aromatic rings. The fourth-order valence-corrected chi connectivity index (χ4v) is 4.13. The molecule has 1 rings (SSSR count). The van der Waals surface area contributed by atoms with E-state index >= 15 is 0 Å². The van der Waals surface area contributed by atoms with Crippen molar-refractivity contribution >= 4 is 0 Å². The van der Waals surface area contributed by atoms with E-state index in [0.29, 0.717) is 0 Å². The summed E-state index contributed by atoms with van der Waals surface area (Å²) < 4.78 is 0. The molecule has 1 heteroatoms.